The molecular formula is C20H21N3O2. The summed E-state index contributed by atoms with van der Waals surface area (Å²) in [6.45, 7) is 2.56. The van der Waals surface area contributed by atoms with Gasteiger partial charge in [0.15, 0.2) is 0 Å². The van der Waals surface area contributed by atoms with Crippen molar-refractivity contribution in [3.63, 3.8) is 0 Å². The molecule has 0 aliphatic carbocycles. The first kappa shape index (κ1) is 16.8. The molecule has 0 aliphatic rings. The number of nitrogens with one attached hydrogen (secondary N) is 2. The molecule has 25 heavy (non-hydrogen) atoms. The Balaban J connectivity index is 1.93. The first-order valence-electron chi connectivity index (χ1n) is 8.42. The van der Waals surface area contributed by atoms with Crippen LogP contribution in [0.25, 0.3) is 5.69 Å². The molecule has 3 aromatic rings. The van der Waals surface area contributed by atoms with Gasteiger partial charge in [0.25, 0.3) is 5.56 Å². The molecule has 0 saturated heterocycles. The van der Waals surface area contributed by atoms with Crippen molar-refractivity contribution in [1.82, 2.24) is 9.55 Å². The van der Waals surface area contributed by atoms with Gasteiger partial charge in [0.1, 0.15) is 5.69 Å². The van der Waals surface area contributed by atoms with Crippen LogP contribution in [0.3, 0.4) is 0 Å². The van der Waals surface area contributed by atoms with E-state index in [-0.39, 0.29) is 5.56 Å². The number of aromatic amines is 1. The Morgan fingerprint density at radius 2 is 1.60 bits per heavy atom. The summed E-state index contributed by atoms with van der Waals surface area (Å²) in [6.07, 6.45) is 1.37. The van der Waals surface area contributed by atoms with Crippen molar-refractivity contribution in [2.24, 2.45) is 0 Å². The molecule has 0 unspecified atom stereocenters. The fourth-order valence-corrected chi connectivity index (χ4v) is 2.92. The number of anilines is 1. The van der Waals surface area contributed by atoms with Gasteiger partial charge in [-0.25, -0.2) is 4.79 Å². The van der Waals surface area contributed by atoms with E-state index in [4.69, 9.17) is 0 Å². The molecule has 0 fully saturated rings. The van der Waals surface area contributed by atoms with E-state index in [9.17, 15) is 9.59 Å². The second kappa shape index (κ2) is 7.66. The molecule has 0 saturated carbocycles. The van der Waals surface area contributed by atoms with E-state index in [1.807, 2.05) is 55.5 Å². The van der Waals surface area contributed by atoms with E-state index in [0.717, 1.165) is 12.1 Å². The highest BCUT2D eigenvalue weighted by atomic mass is 16.2. The van der Waals surface area contributed by atoms with Gasteiger partial charge in [0.2, 0.25) is 0 Å². The van der Waals surface area contributed by atoms with Crippen LogP contribution < -0.4 is 16.6 Å². The van der Waals surface area contributed by atoms with Gasteiger partial charge in [0, 0.05) is 6.54 Å². The molecule has 2 aromatic carbocycles. The van der Waals surface area contributed by atoms with Crippen LogP contribution in [0.4, 0.5) is 5.69 Å². The Morgan fingerprint density at radius 3 is 2.24 bits per heavy atom. The third kappa shape index (κ3) is 3.71. The van der Waals surface area contributed by atoms with E-state index < -0.39 is 5.69 Å². The van der Waals surface area contributed by atoms with Crippen LogP contribution in [0.15, 0.2) is 70.3 Å². The molecule has 0 aliphatic heterocycles. The summed E-state index contributed by atoms with van der Waals surface area (Å²) >= 11 is 0. The predicted octanol–water partition coefficient (Wildman–Crippen LogP) is 2.74. The minimum Gasteiger partial charge on any atom is -0.379 e. The van der Waals surface area contributed by atoms with Crippen molar-refractivity contribution in [2.75, 3.05) is 11.9 Å². The Bertz CT molecular complexity index is 944. The molecule has 0 atom stereocenters. The van der Waals surface area contributed by atoms with Gasteiger partial charge in [0.05, 0.1) is 11.4 Å². The number of H-pyrrole nitrogens is 1. The lowest BCUT2D eigenvalue weighted by Crippen LogP contribution is -2.34. The maximum Gasteiger partial charge on any atom is 0.333 e. The summed E-state index contributed by atoms with van der Waals surface area (Å²) in [7, 11) is 0. The van der Waals surface area contributed by atoms with Gasteiger partial charge in [-0.05, 0) is 30.5 Å². The monoisotopic (exact) mass is 335 g/mol. The topological polar surface area (TPSA) is 66.9 Å². The molecule has 5 heteroatoms. The zero-order chi connectivity index (χ0) is 17.6. The second-order valence-corrected chi connectivity index (χ2v) is 5.77. The normalized spacial score (nSPS) is 10.6. The Kier molecular flexibility index (Phi) is 5.14. The lowest BCUT2D eigenvalue weighted by Gasteiger charge is -2.16. The summed E-state index contributed by atoms with van der Waals surface area (Å²) < 4.78 is 1.56. The van der Waals surface area contributed by atoms with Crippen LogP contribution in [0.1, 0.15) is 18.2 Å². The molecular weight excluding hydrogens is 314 g/mol. The lowest BCUT2D eigenvalue weighted by molar-refractivity contribution is 0.816. The van der Waals surface area contributed by atoms with E-state index >= 15 is 0 Å². The number of nitrogens with zero attached hydrogens (tertiary/aromatic N) is 1. The van der Waals surface area contributed by atoms with Crippen molar-refractivity contribution in [3.8, 4) is 5.69 Å². The van der Waals surface area contributed by atoms with Crippen molar-refractivity contribution >= 4 is 5.69 Å². The Labute approximate surface area is 146 Å². The Hall–Kier alpha value is -3.08. The third-order valence-corrected chi connectivity index (χ3v) is 4.12. The minimum absolute atomic E-state index is 0.373. The molecule has 128 valence electrons. The number of aromatic nitrogens is 2. The number of para-hydroxylation sites is 1. The van der Waals surface area contributed by atoms with Crippen LogP contribution in [0, 0.1) is 0 Å². The maximum absolute atomic E-state index is 12.3. The van der Waals surface area contributed by atoms with E-state index in [1.54, 1.807) is 4.57 Å². The molecule has 0 amide bonds. The number of hydrogen-bond acceptors (Lipinski definition) is 3. The van der Waals surface area contributed by atoms with Crippen molar-refractivity contribution in [1.29, 1.82) is 0 Å². The number of rotatable bonds is 6. The maximum atomic E-state index is 12.3. The largest absolute Gasteiger partial charge is 0.379 e. The van der Waals surface area contributed by atoms with E-state index in [2.05, 4.69) is 22.4 Å². The van der Waals surface area contributed by atoms with Crippen LogP contribution in [0.2, 0.25) is 0 Å². The van der Waals surface area contributed by atoms with E-state index in [1.165, 1.54) is 5.56 Å². The van der Waals surface area contributed by atoms with Crippen LogP contribution in [0.5, 0.6) is 0 Å². The third-order valence-electron chi connectivity index (χ3n) is 4.12. The van der Waals surface area contributed by atoms with Crippen molar-refractivity contribution in [3.05, 3.63) is 92.8 Å². The summed E-state index contributed by atoms with van der Waals surface area (Å²) in [4.78, 5) is 27.1. The molecule has 1 aromatic heterocycles. The Morgan fingerprint density at radius 1 is 0.960 bits per heavy atom. The molecule has 0 radical (unpaired) electrons. The molecule has 1 heterocycles. The smallest absolute Gasteiger partial charge is 0.333 e. The van der Waals surface area contributed by atoms with Gasteiger partial charge in [-0.2, -0.15) is 0 Å². The fraction of sp³-hybridized carbons (Fsp3) is 0.200. The lowest BCUT2D eigenvalue weighted by atomic mass is 10.1. The summed E-state index contributed by atoms with van der Waals surface area (Å²) in [5, 5.41) is 3.21. The van der Waals surface area contributed by atoms with Gasteiger partial charge in [-0.3, -0.25) is 14.3 Å². The highest BCUT2D eigenvalue weighted by Crippen LogP contribution is 2.14. The van der Waals surface area contributed by atoms with E-state index in [0.29, 0.717) is 24.3 Å². The van der Waals surface area contributed by atoms with Gasteiger partial charge in [-0.1, -0.05) is 55.5 Å². The van der Waals surface area contributed by atoms with Crippen LogP contribution >= 0.6 is 0 Å². The summed E-state index contributed by atoms with van der Waals surface area (Å²) in [6, 6.07) is 19.4. The first-order valence-corrected chi connectivity index (χ1v) is 8.42. The average Bonchev–Trinajstić information content (AvgIpc) is 2.64. The second-order valence-electron chi connectivity index (χ2n) is 5.77. The fourth-order valence-electron chi connectivity index (χ4n) is 2.92. The van der Waals surface area contributed by atoms with Crippen LogP contribution in [-0.4, -0.2) is 16.1 Å². The SMILES string of the molecule is CCc1c(NCCc2ccccc2)c(=O)[nH]c(=O)n1-c1ccccc1. The molecule has 3 rings (SSSR count). The first-order chi connectivity index (χ1) is 12.2. The summed E-state index contributed by atoms with van der Waals surface area (Å²) in [5.74, 6) is 0. The van der Waals surface area contributed by atoms with Gasteiger partial charge >= 0.3 is 5.69 Å². The molecule has 5 nitrogen and oxygen atoms in total. The summed E-state index contributed by atoms with van der Waals surface area (Å²) in [5.41, 5.74) is 2.30. The molecule has 2 N–H and O–H groups in total. The zero-order valence-electron chi connectivity index (χ0n) is 14.2. The number of hydrogen-bond donors (Lipinski definition) is 2. The zero-order valence-corrected chi connectivity index (χ0v) is 14.2. The standard InChI is InChI=1S/C20H21N3O2/c1-2-17-18(21-14-13-15-9-5-3-6-10-15)19(24)22-20(25)23(17)16-11-7-4-8-12-16/h3-12,21H,2,13-14H2,1H3,(H,22,24,25). The van der Waals surface area contributed by atoms with Crippen molar-refractivity contribution < 1.29 is 0 Å². The highest BCUT2D eigenvalue weighted by molar-refractivity contribution is 5.49. The van der Waals surface area contributed by atoms with Gasteiger partial charge in [-0.15, -0.1) is 0 Å². The molecule has 0 bridgehead atoms. The van der Waals surface area contributed by atoms with Gasteiger partial charge < -0.3 is 5.32 Å². The average molecular weight is 335 g/mol. The minimum atomic E-state index is -0.415. The quantitative estimate of drug-likeness (QED) is 0.728. The van der Waals surface area contributed by atoms with Crippen molar-refractivity contribution in [2.45, 2.75) is 19.8 Å². The predicted molar refractivity (Wildman–Crippen MR) is 101 cm³/mol. The highest BCUT2D eigenvalue weighted by Gasteiger charge is 2.14. The van der Waals surface area contributed by atoms with Crippen LogP contribution in [-0.2, 0) is 12.8 Å². The number of benzene rings is 2. The molecule has 0 spiro atoms.